The third kappa shape index (κ3) is 1.78. The standard InChI is InChI=1S/C9H7N3O3/c13-8-3-4-12(11-8)6-1-2-7(9(14)15)10-5-6/h1-5H,(H,11,13)(H,14,15). The van der Waals surface area contributed by atoms with E-state index in [0.29, 0.717) is 5.69 Å². The summed E-state index contributed by atoms with van der Waals surface area (Å²) in [4.78, 5) is 25.1. The lowest BCUT2D eigenvalue weighted by molar-refractivity contribution is 0.0690. The molecule has 0 fully saturated rings. The SMILES string of the molecule is O=C(O)c1ccc(-n2ccc(=O)[nH]2)cn1. The summed E-state index contributed by atoms with van der Waals surface area (Å²) in [6.45, 7) is 0. The molecule has 0 amide bonds. The van der Waals surface area contributed by atoms with Gasteiger partial charge in [0.2, 0.25) is 0 Å². The maximum absolute atomic E-state index is 10.8. The lowest BCUT2D eigenvalue weighted by atomic mass is 10.3. The highest BCUT2D eigenvalue weighted by molar-refractivity contribution is 5.85. The second kappa shape index (κ2) is 3.41. The van der Waals surface area contributed by atoms with Crippen molar-refractivity contribution in [1.82, 2.24) is 14.8 Å². The quantitative estimate of drug-likeness (QED) is 0.736. The molecular weight excluding hydrogens is 198 g/mol. The minimum atomic E-state index is -1.08. The molecule has 0 spiro atoms. The number of aromatic amines is 1. The molecule has 0 bridgehead atoms. The van der Waals surface area contributed by atoms with Crippen LogP contribution in [0, 0.1) is 0 Å². The lowest BCUT2D eigenvalue weighted by Crippen LogP contribution is -2.05. The van der Waals surface area contributed by atoms with E-state index in [9.17, 15) is 9.59 Å². The van der Waals surface area contributed by atoms with Gasteiger partial charge in [0, 0.05) is 12.3 Å². The minimum Gasteiger partial charge on any atom is -0.477 e. The Bertz CT molecular complexity index is 538. The van der Waals surface area contributed by atoms with Crippen LogP contribution in [0.25, 0.3) is 5.69 Å². The Hall–Kier alpha value is -2.37. The zero-order valence-corrected chi connectivity index (χ0v) is 7.54. The predicted octanol–water partition coefficient (Wildman–Crippen LogP) is 0.259. The summed E-state index contributed by atoms with van der Waals surface area (Å²) in [5.74, 6) is -1.08. The maximum atomic E-state index is 10.8. The molecule has 0 aliphatic heterocycles. The van der Waals surface area contributed by atoms with Crippen LogP contribution in [0.5, 0.6) is 0 Å². The third-order valence-corrected chi connectivity index (χ3v) is 1.85. The maximum Gasteiger partial charge on any atom is 0.354 e. The zero-order valence-electron chi connectivity index (χ0n) is 7.54. The Labute approximate surface area is 83.8 Å². The molecule has 15 heavy (non-hydrogen) atoms. The molecule has 2 rings (SSSR count). The van der Waals surface area contributed by atoms with Crippen molar-refractivity contribution in [3.63, 3.8) is 0 Å². The number of H-pyrrole nitrogens is 1. The van der Waals surface area contributed by atoms with E-state index in [0.717, 1.165) is 0 Å². The number of hydrogen-bond donors (Lipinski definition) is 2. The number of carbonyl (C=O) groups is 1. The molecular formula is C9H7N3O3. The average molecular weight is 205 g/mol. The van der Waals surface area contributed by atoms with E-state index < -0.39 is 5.97 Å². The van der Waals surface area contributed by atoms with Gasteiger partial charge < -0.3 is 5.11 Å². The summed E-state index contributed by atoms with van der Waals surface area (Å²) < 4.78 is 1.46. The van der Waals surface area contributed by atoms with Crippen LogP contribution in [0.15, 0.2) is 35.4 Å². The highest BCUT2D eigenvalue weighted by atomic mass is 16.4. The fourth-order valence-electron chi connectivity index (χ4n) is 1.14. The number of aromatic nitrogens is 3. The average Bonchev–Trinajstić information content (AvgIpc) is 2.65. The predicted molar refractivity (Wildman–Crippen MR) is 51.1 cm³/mol. The Morgan fingerprint density at radius 3 is 2.67 bits per heavy atom. The van der Waals surface area contributed by atoms with Crippen LogP contribution >= 0.6 is 0 Å². The van der Waals surface area contributed by atoms with Gasteiger partial charge in [0.15, 0.2) is 0 Å². The smallest absolute Gasteiger partial charge is 0.354 e. The molecule has 0 aromatic carbocycles. The van der Waals surface area contributed by atoms with Gasteiger partial charge >= 0.3 is 5.97 Å². The van der Waals surface area contributed by atoms with Crippen LogP contribution in [0.3, 0.4) is 0 Å². The molecule has 6 nitrogen and oxygen atoms in total. The number of nitrogens with one attached hydrogen (secondary N) is 1. The van der Waals surface area contributed by atoms with Crippen molar-refractivity contribution in [3.05, 3.63) is 46.6 Å². The fraction of sp³-hybridized carbons (Fsp3) is 0. The monoisotopic (exact) mass is 205 g/mol. The van der Waals surface area contributed by atoms with Gasteiger partial charge in [-0.2, -0.15) is 0 Å². The first-order valence-corrected chi connectivity index (χ1v) is 4.14. The molecule has 0 saturated heterocycles. The number of nitrogens with zero attached hydrogens (tertiary/aromatic N) is 2. The second-order valence-electron chi connectivity index (χ2n) is 2.87. The first kappa shape index (κ1) is 9.20. The van der Waals surface area contributed by atoms with Gasteiger partial charge in [-0.3, -0.25) is 14.6 Å². The summed E-state index contributed by atoms with van der Waals surface area (Å²) in [6, 6.07) is 4.30. The molecule has 2 aromatic heterocycles. The van der Waals surface area contributed by atoms with Gasteiger partial charge in [0.25, 0.3) is 5.56 Å². The van der Waals surface area contributed by atoms with Gasteiger partial charge in [-0.1, -0.05) is 0 Å². The summed E-state index contributed by atoms with van der Waals surface area (Å²) in [7, 11) is 0. The molecule has 2 aromatic rings. The molecule has 76 valence electrons. The van der Waals surface area contributed by atoms with E-state index in [1.165, 1.54) is 23.0 Å². The fourth-order valence-corrected chi connectivity index (χ4v) is 1.14. The van der Waals surface area contributed by atoms with Crippen molar-refractivity contribution in [2.45, 2.75) is 0 Å². The molecule has 0 atom stereocenters. The number of carboxylic acid groups (broad SMARTS) is 1. The van der Waals surface area contributed by atoms with E-state index in [2.05, 4.69) is 10.1 Å². The van der Waals surface area contributed by atoms with Crippen LogP contribution in [0.4, 0.5) is 0 Å². The van der Waals surface area contributed by atoms with Crippen molar-refractivity contribution >= 4 is 5.97 Å². The van der Waals surface area contributed by atoms with Crippen LogP contribution in [0.1, 0.15) is 10.5 Å². The van der Waals surface area contributed by atoms with E-state index >= 15 is 0 Å². The van der Waals surface area contributed by atoms with Gasteiger partial charge in [-0.15, -0.1) is 0 Å². The Kier molecular flexibility index (Phi) is 2.09. The summed E-state index contributed by atoms with van der Waals surface area (Å²) in [6.07, 6.45) is 2.92. The van der Waals surface area contributed by atoms with Crippen molar-refractivity contribution in [2.24, 2.45) is 0 Å². The third-order valence-electron chi connectivity index (χ3n) is 1.85. The molecule has 0 aliphatic carbocycles. The van der Waals surface area contributed by atoms with Crippen molar-refractivity contribution < 1.29 is 9.90 Å². The van der Waals surface area contributed by atoms with E-state index in [-0.39, 0.29) is 11.3 Å². The van der Waals surface area contributed by atoms with Crippen LogP contribution in [0.2, 0.25) is 0 Å². The van der Waals surface area contributed by atoms with Crippen molar-refractivity contribution in [3.8, 4) is 5.69 Å². The van der Waals surface area contributed by atoms with Gasteiger partial charge in [0.05, 0.1) is 11.9 Å². The molecule has 0 aliphatic rings. The minimum absolute atomic E-state index is 0.0340. The summed E-state index contributed by atoms with van der Waals surface area (Å²) >= 11 is 0. The lowest BCUT2D eigenvalue weighted by Gasteiger charge is -2.01. The van der Waals surface area contributed by atoms with Crippen molar-refractivity contribution in [2.75, 3.05) is 0 Å². The first-order chi connectivity index (χ1) is 7.16. The molecule has 2 heterocycles. The van der Waals surface area contributed by atoms with Gasteiger partial charge in [-0.05, 0) is 12.1 Å². The van der Waals surface area contributed by atoms with E-state index in [4.69, 9.17) is 5.11 Å². The number of rotatable bonds is 2. The summed E-state index contributed by atoms with van der Waals surface area (Å²) in [5.41, 5.74) is 0.340. The Balaban J connectivity index is 2.39. The van der Waals surface area contributed by atoms with Crippen LogP contribution in [-0.4, -0.2) is 25.8 Å². The number of pyridine rings is 1. The van der Waals surface area contributed by atoms with Gasteiger partial charge in [0.1, 0.15) is 5.69 Å². The highest BCUT2D eigenvalue weighted by Crippen LogP contribution is 2.04. The van der Waals surface area contributed by atoms with Crippen LogP contribution < -0.4 is 5.56 Å². The highest BCUT2D eigenvalue weighted by Gasteiger charge is 2.04. The number of hydrogen-bond acceptors (Lipinski definition) is 3. The Morgan fingerprint density at radius 1 is 1.40 bits per heavy atom. The topological polar surface area (TPSA) is 88.0 Å². The molecule has 0 unspecified atom stereocenters. The molecule has 2 N–H and O–H groups in total. The largest absolute Gasteiger partial charge is 0.477 e. The molecule has 6 heteroatoms. The van der Waals surface area contributed by atoms with E-state index in [1.807, 2.05) is 0 Å². The second-order valence-corrected chi connectivity index (χ2v) is 2.87. The first-order valence-electron chi connectivity index (χ1n) is 4.14. The van der Waals surface area contributed by atoms with Crippen molar-refractivity contribution in [1.29, 1.82) is 0 Å². The molecule has 0 radical (unpaired) electrons. The molecule has 0 saturated carbocycles. The summed E-state index contributed by atoms with van der Waals surface area (Å²) in [5, 5.41) is 11.1. The van der Waals surface area contributed by atoms with Gasteiger partial charge in [-0.25, -0.2) is 9.78 Å². The van der Waals surface area contributed by atoms with Crippen LogP contribution in [-0.2, 0) is 0 Å². The number of carboxylic acids is 1. The normalized spacial score (nSPS) is 10.1. The number of aromatic carboxylic acids is 1. The zero-order chi connectivity index (χ0) is 10.8. The Morgan fingerprint density at radius 2 is 2.20 bits per heavy atom. The van der Waals surface area contributed by atoms with E-state index in [1.54, 1.807) is 12.3 Å².